The lowest BCUT2D eigenvalue weighted by Gasteiger charge is -2.33. The molecule has 136 valence electrons. The summed E-state index contributed by atoms with van der Waals surface area (Å²) in [6.07, 6.45) is 7.06. The third kappa shape index (κ3) is 5.74. The molecule has 1 aliphatic carbocycles. The lowest BCUT2D eigenvalue weighted by atomic mass is 9.93. The molecule has 1 aliphatic heterocycles. The number of aryl methyl sites for hydroxylation is 1. The van der Waals surface area contributed by atoms with E-state index in [1.54, 1.807) is 0 Å². The van der Waals surface area contributed by atoms with Gasteiger partial charge in [0.1, 0.15) is 0 Å². The minimum absolute atomic E-state index is 0.171. The number of nitrogens with one attached hydrogen (secondary N) is 1. The van der Waals surface area contributed by atoms with Gasteiger partial charge in [-0.3, -0.25) is 9.59 Å². The van der Waals surface area contributed by atoms with Crippen LogP contribution >= 0.6 is 11.6 Å². The van der Waals surface area contributed by atoms with Gasteiger partial charge in [0.25, 0.3) is 0 Å². The lowest BCUT2D eigenvalue weighted by molar-refractivity contribution is -0.133. The molecule has 2 aliphatic rings. The number of hydrogen-bond acceptors (Lipinski definition) is 2. The van der Waals surface area contributed by atoms with Crippen LogP contribution < -0.4 is 5.32 Å². The van der Waals surface area contributed by atoms with Crippen molar-refractivity contribution in [3.05, 3.63) is 34.9 Å². The van der Waals surface area contributed by atoms with Crippen LogP contribution in [0.15, 0.2) is 24.3 Å². The number of carbonyl (C=O) groups is 2. The normalized spacial score (nSPS) is 20.4. The summed E-state index contributed by atoms with van der Waals surface area (Å²) in [5.74, 6) is 0.819. The van der Waals surface area contributed by atoms with Crippen molar-refractivity contribution < 1.29 is 9.59 Å². The van der Waals surface area contributed by atoms with Crippen molar-refractivity contribution in [1.82, 2.24) is 10.2 Å². The van der Waals surface area contributed by atoms with E-state index < -0.39 is 0 Å². The molecule has 2 fully saturated rings. The Morgan fingerprint density at radius 2 is 1.96 bits per heavy atom. The summed E-state index contributed by atoms with van der Waals surface area (Å²) in [4.78, 5) is 26.3. The predicted molar refractivity (Wildman–Crippen MR) is 99.5 cm³/mol. The van der Waals surface area contributed by atoms with Gasteiger partial charge in [-0.05, 0) is 56.1 Å². The second-order valence-corrected chi connectivity index (χ2v) is 7.73. The van der Waals surface area contributed by atoms with E-state index in [9.17, 15) is 9.59 Å². The fraction of sp³-hybridized carbons (Fsp3) is 0.600. The van der Waals surface area contributed by atoms with E-state index in [1.165, 1.54) is 0 Å². The lowest BCUT2D eigenvalue weighted by Crippen LogP contribution is -2.40. The molecule has 1 unspecified atom stereocenters. The van der Waals surface area contributed by atoms with Crippen molar-refractivity contribution in [3.8, 4) is 0 Å². The van der Waals surface area contributed by atoms with Crippen molar-refractivity contribution in [2.75, 3.05) is 13.1 Å². The molecule has 5 heteroatoms. The summed E-state index contributed by atoms with van der Waals surface area (Å²) in [7, 11) is 0. The van der Waals surface area contributed by atoms with E-state index in [1.807, 2.05) is 29.2 Å². The van der Waals surface area contributed by atoms with Crippen LogP contribution in [0.5, 0.6) is 0 Å². The van der Waals surface area contributed by atoms with Gasteiger partial charge in [0, 0.05) is 37.0 Å². The van der Waals surface area contributed by atoms with Crippen LogP contribution in [0.4, 0.5) is 0 Å². The maximum Gasteiger partial charge on any atom is 0.222 e. The zero-order valence-corrected chi connectivity index (χ0v) is 15.4. The Morgan fingerprint density at radius 3 is 2.72 bits per heavy atom. The number of amides is 2. The van der Waals surface area contributed by atoms with E-state index in [4.69, 9.17) is 11.6 Å². The molecule has 1 aromatic rings. The molecule has 3 rings (SSSR count). The molecule has 1 saturated carbocycles. The Balaban J connectivity index is 1.41. The van der Waals surface area contributed by atoms with Gasteiger partial charge >= 0.3 is 0 Å². The van der Waals surface area contributed by atoms with E-state index in [0.717, 1.165) is 55.8 Å². The van der Waals surface area contributed by atoms with Gasteiger partial charge < -0.3 is 10.2 Å². The molecule has 0 radical (unpaired) electrons. The molecule has 25 heavy (non-hydrogen) atoms. The first-order valence-electron chi connectivity index (χ1n) is 9.42. The molecule has 0 aromatic heterocycles. The first-order chi connectivity index (χ1) is 12.1. The molecule has 1 saturated heterocycles. The third-order valence-electron chi connectivity index (χ3n) is 5.16. The molecule has 1 aromatic carbocycles. The Morgan fingerprint density at radius 1 is 1.16 bits per heavy atom. The second kappa shape index (κ2) is 8.70. The molecule has 2 amide bonds. The smallest absolute Gasteiger partial charge is 0.222 e. The molecule has 0 spiro atoms. The predicted octanol–water partition coefficient (Wildman–Crippen LogP) is 3.57. The van der Waals surface area contributed by atoms with Gasteiger partial charge in [0.05, 0.1) is 0 Å². The maximum absolute atomic E-state index is 12.5. The Labute approximate surface area is 154 Å². The van der Waals surface area contributed by atoms with Gasteiger partial charge in [-0.1, -0.05) is 29.8 Å². The molecule has 1 atom stereocenters. The van der Waals surface area contributed by atoms with E-state index >= 15 is 0 Å². The number of benzene rings is 1. The molecule has 1 heterocycles. The average Bonchev–Trinajstić information content (AvgIpc) is 3.43. The number of piperidine rings is 1. The number of likely N-dealkylation sites (tertiary alicyclic amines) is 1. The van der Waals surface area contributed by atoms with Gasteiger partial charge in [-0.25, -0.2) is 0 Å². The summed E-state index contributed by atoms with van der Waals surface area (Å²) in [5.41, 5.74) is 1.03. The first-order valence-corrected chi connectivity index (χ1v) is 9.80. The largest absolute Gasteiger partial charge is 0.353 e. The Bertz CT molecular complexity index is 615. The van der Waals surface area contributed by atoms with Crippen LogP contribution in [-0.4, -0.2) is 35.8 Å². The zero-order valence-electron chi connectivity index (χ0n) is 14.7. The minimum Gasteiger partial charge on any atom is -0.353 e. The second-order valence-electron chi connectivity index (χ2n) is 7.32. The summed E-state index contributed by atoms with van der Waals surface area (Å²) in [6, 6.07) is 8.14. The minimum atomic E-state index is 0.171. The van der Waals surface area contributed by atoms with Crippen molar-refractivity contribution >= 4 is 23.4 Å². The highest BCUT2D eigenvalue weighted by Crippen LogP contribution is 2.24. The van der Waals surface area contributed by atoms with Crippen LogP contribution in [0.2, 0.25) is 5.02 Å². The monoisotopic (exact) mass is 362 g/mol. The van der Waals surface area contributed by atoms with Gasteiger partial charge in [0.2, 0.25) is 11.8 Å². The van der Waals surface area contributed by atoms with Gasteiger partial charge in [0.15, 0.2) is 0 Å². The average molecular weight is 363 g/mol. The topological polar surface area (TPSA) is 49.4 Å². The van der Waals surface area contributed by atoms with Crippen molar-refractivity contribution in [2.45, 2.75) is 57.4 Å². The maximum atomic E-state index is 12.5. The number of hydrogen-bond donors (Lipinski definition) is 1. The van der Waals surface area contributed by atoms with Crippen LogP contribution in [0.3, 0.4) is 0 Å². The SMILES string of the molecule is O=C(CCC1CCCN(C(=O)CCc2ccccc2Cl)C1)NC1CC1. The molecular formula is C20H27ClN2O2. The fourth-order valence-corrected chi connectivity index (χ4v) is 3.72. The van der Waals surface area contributed by atoms with E-state index in [0.29, 0.717) is 31.2 Å². The van der Waals surface area contributed by atoms with E-state index in [2.05, 4.69) is 5.32 Å². The highest BCUT2D eigenvalue weighted by atomic mass is 35.5. The molecule has 1 N–H and O–H groups in total. The number of halogens is 1. The fourth-order valence-electron chi connectivity index (χ4n) is 3.49. The van der Waals surface area contributed by atoms with Crippen molar-refractivity contribution in [3.63, 3.8) is 0 Å². The van der Waals surface area contributed by atoms with Crippen LogP contribution in [-0.2, 0) is 16.0 Å². The zero-order chi connectivity index (χ0) is 17.6. The number of nitrogens with zero attached hydrogens (tertiary/aromatic N) is 1. The van der Waals surface area contributed by atoms with Crippen molar-refractivity contribution in [2.24, 2.45) is 5.92 Å². The Hall–Kier alpha value is -1.55. The molecular weight excluding hydrogens is 336 g/mol. The highest BCUT2D eigenvalue weighted by Gasteiger charge is 2.26. The van der Waals surface area contributed by atoms with Crippen LogP contribution in [0.25, 0.3) is 0 Å². The summed E-state index contributed by atoms with van der Waals surface area (Å²) in [5, 5.41) is 3.77. The molecule has 0 bridgehead atoms. The third-order valence-corrected chi connectivity index (χ3v) is 5.53. The van der Waals surface area contributed by atoms with Crippen LogP contribution in [0, 0.1) is 5.92 Å². The number of carbonyl (C=O) groups excluding carboxylic acids is 2. The quantitative estimate of drug-likeness (QED) is 0.806. The summed E-state index contributed by atoms with van der Waals surface area (Å²) < 4.78 is 0. The number of rotatable bonds is 7. The summed E-state index contributed by atoms with van der Waals surface area (Å²) >= 11 is 6.17. The highest BCUT2D eigenvalue weighted by molar-refractivity contribution is 6.31. The Kier molecular flexibility index (Phi) is 6.35. The van der Waals surface area contributed by atoms with Gasteiger partial charge in [-0.2, -0.15) is 0 Å². The van der Waals surface area contributed by atoms with E-state index in [-0.39, 0.29) is 11.8 Å². The summed E-state index contributed by atoms with van der Waals surface area (Å²) in [6.45, 7) is 1.63. The van der Waals surface area contributed by atoms with Crippen molar-refractivity contribution in [1.29, 1.82) is 0 Å². The first kappa shape index (κ1) is 18.2. The van der Waals surface area contributed by atoms with Gasteiger partial charge in [-0.15, -0.1) is 0 Å². The van der Waals surface area contributed by atoms with Crippen LogP contribution in [0.1, 0.15) is 50.5 Å². The molecule has 4 nitrogen and oxygen atoms in total. The standard InChI is InChI=1S/C20H27ClN2O2/c21-18-6-2-1-5-16(18)8-12-20(25)23-13-3-4-15(14-23)7-11-19(24)22-17-9-10-17/h1-2,5-6,15,17H,3-4,7-14H2,(H,22,24).